The van der Waals surface area contributed by atoms with E-state index >= 15 is 0 Å². The molecule has 0 amide bonds. The van der Waals surface area contributed by atoms with E-state index in [9.17, 15) is 0 Å². The molecule has 0 saturated heterocycles. The van der Waals surface area contributed by atoms with Gasteiger partial charge < -0.3 is 11.2 Å². The minimum atomic E-state index is 0.431. The predicted octanol–water partition coefficient (Wildman–Crippen LogP) is -0.502. The van der Waals surface area contributed by atoms with Crippen LogP contribution >= 0.6 is 0 Å². The highest BCUT2D eigenvalue weighted by Crippen LogP contribution is 1.96. The highest BCUT2D eigenvalue weighted by molar-refractivity contribution is 5.83. The molecule has 3 nitrogen and oxygen atoms in total. The maximum Gasteiger partial charge on any atom is 0.124 e. The summed E-state index contributed by atoms with van der Waals surface area (Å²) in [7, 11) is 0. The Hall–Kier alpha value is -0.730. The van der Waals surface area contributed by atoms with Crippen LogP contribution in [0.5, 0.6) is 0 Å². The van der Waals surface area contributed by atoms with Crippen molar-refractivity contribution in [3.05, 3.63) is 0 Å². The molecule has 1 rings (SSSR count). The lowest BCUT2D eigenvalue weighted by Crippen LogP contribution is -2.18. The summed E-state index contributed by atoms with van der Waals surface area (Å²) in [5, 5.41) is 3.76. The van der Waals surface area contributed by atoms with Crippen molar-refractivity contribution in [1.82, 2.24) is 5.43 Å². The first kappa shape index (κ1) is 4.43. The molecular formula is C4H9N3. The molecule has 0 aromatic rings. The Balaban J connectivity index is 2.54. The van der Waals surface area contributed by atoms with Crippen LogP contribution in [0.3, 0.4) is 0 Å². The van der Waals surface area contributed by atoms with Gasteiger partial charge in [-0.1, -0.05) is 6.92 Å². The minimum absolute atomic E-state index is 0.431. The molecular weight excluding hydrogens is 90.1 g/mol. The van der Waals surface area contributed by atoms with E-state index in [1.807, 2.05) is 6.92 Å². The van der Waals surface area contributed by atoms with Gasteiger partial charge in [0.15, 0.2) is 0 Å². The molecule has 0 spiro atoms. The third-order valence-corrected chi connectivity index (χ3v) is 1.11. The van der Waals surface area contributed by atoms with Crippen LogP contribution in [0.25, 0.3) is 0 Å². The highest BCUT2D eigenvalue weighted by Gasteiger charge is 2.10. The normalized spacial score (nSPS) is 29.3. The van der Waals surface area contributed by atoms with Crippen molar-refractivity contribution in [3.8, 4) is 0 Å². The maximum atomic E-state index is 5.37. The Morgan fingerprint density at radius 2 is 2.71 bits per heavy atom. The van der Waals surface area contributed by atoms with Crippen molar-refractivity contribution in [2.75, 3.05) is 6.54 Å². The van der Waals surface area contributed by atoms with Crippen molar-refractivity contribution < 1.29 is 0 Å². The second-order valence-electron chi connectivity index (χ2n) is 1.80. The van der Waals surface area contributed by atoms with Gasteiger partial charge in [0, 0.05) is 12.5 Å². The Bertz CT molecular complexity index is 97.1. The van der Waals surface area contributed by atoms with Crippen molar-refractivity contribution in [1.29, 1.82) is 0 Å². The van der Waals surface area contributed by atoms with Crippen LogP contribution in [-0.4, -0.2) is 12.4 Å². The molecule has 1 aliphatic rings. The van der Waals surface area contributed by atoms with E-state index in [0.717, 1.165) is 12.4 Å². The monoisotopic (exact) mass is 99.1 g/mol. The third kappa shape index (κ3) is 0.656. The van der Waals surface area contributed by atoms with Gasteiger partial charge in [-0.3, -0.25) is 0 Å². The predicted molar refractivity (Wildman–Crippen MR) is 28.8 cm³/mol. The van der Waals surface area contributed by atoms with Crippen molar-refractivity contribution >= 4 is 5.84 Å². The van der Waals surface area contributed by atoms with Crippen LogP contribution in [0.1, 0.15) is 6.92 Å². The number of rotatable bonds is 0. The molecule has 0 radical (unpaired) electrons. The van der Waals surface area contributed by atoms with Crippen LogP contribution in [-0.2, 0) is 0 Å². The van der Waals surface area contributed by atoms with Gasteiger partial charge in [-0.25, -0.2) is 0 Å². The lowest BCUT2D eigenvalue weighted by Gasteiger charge is -1.94. The zero-order valence-corrected chi connectivity index (χ0v) is 4.31. The number of hydrogen-bond donors (Lipinski definition) is 2. The zero-order chi connectivity index (χ0) is 5.28. The molecule has 0 aromatic heterocycles. The summed E-state index contributed by atoms with van der Waals surface area (Å²) >= 11 is 0. The van der Waals surface area contributed by atoms with Gasteiger partial charge in [0.05, 0.1) is 0 Å². The number of nitrogens with two attached hydrogens (primary N) is 1. The third-order valence-electron chi connectivity index (χ3n) is 1.11. The quantitative estimate of drug-likeness (QED) is 0.430. The standard InChI is InChI=1S/C4H9N3/c1-3-2-6-7-4(3)5/h3,6H,2H2,1H3,(H2,5,7). The van der Waals surface area contributed by atoms with E-state index in [1.54, 1.807) is 0 Å². The van der Waals surface area contributed by atoms with Crippen LogP contribution in [0.15, 0.2) is 5.10 Å². The molecule has 0 saturated carbocycles. The van der Waals surface area contributed by atoms with Gasteiger partial charge in [0.2, 0.25) is 0 Å². The molecule has 3 heteroatoms. The van der Waals surface area contributed by atoms with Crippen LogP contribution in [0.2, 0.25) is 0 Å². The average molecular weight is 99.1 g/mol. The molecule has 1 unspecified atom stereocenters. The van der Waals surface area contributed by atoms with E-state index in [-0.39, 0.29) is 0 Å². The van der Waals surface area contributed by atoms with E-state index in [1.165, 1.54) is 0 Å². The van der Waals surface area contributed by atoms with Crippen molar-refractivity contribution in [2.24, 2.45) is 16.8 Å². The number of amidine groups is 1. The van der Waals surface area contributed by atoms with Gasteiger partial charge in [-0.2, -0.15) is 5.10 Å². The Morgan fingerprint density at radius 3 is 2.86 bits per heavy atom. The summed E-state index contributed by atoms with van der Waals surface area (Å²) in [5.74, 6) is 1.15. The topological polar surface area (TPSA) is 50.4 Å². The molecule has 40 valence electrons. The highest BCUT2D eigenvalue weighted by atomic mass is 15.3. The summed E-state index contributed by atoms with van der Waals surface area (Å²) in [5.41, 5.74) is 8.15. The average Bonchev–Trinajstić information content (AvgIpc) is 1.91. The molecule has 0 bridgehead atoms. The van der Waals surface area contributed by atoms with Crippen molar-refractivity contribution in [2.45, 2.75) is 6.92 Å². The zero-order valence-electron chi connectivity index (χ0n) is 4.31. The SMILES string of the molecule is CC1CNN=C1N. The summed E-state index contributed by atoms with van der Waals surface area (Å²) < 4.78 is 0. The van der Waals surface area contributed by atoms with E-state index < -0.39 is 0 Å². The van der Waals surface area contributed by atoms with E-state index in [4.69, 9.17) is 5.73 Å². The maximum absolute atomic E-state index is 5.37. The fraction of sp³-hybridized carbons (Fsp3) is 0.750. The molecule has 1 aliphatic heterocycles. The molecule has 0 aliphatic carbocycles. The van der Waals surface area contributed by atoms with Crippen LogP contribution in [0.4, 0.5) is 0 Å². The largest absolute Gasteiger partial charge is 0.385 e. The summed E-state index contributed by atoms with van der Waals surface area (Å²) in [4.78, 5) is 0. The summed E-state index contributed by atoms with van der Waals surface area (Å²) in [6, 6.07) is 0. The summed E-state index contributed by atoms with van der Waals surface area (Å²) in [6.45, 7) is 2.94. The number of hydrazone groups is 1. The molecule has 0 aromatic carbocycles. The lowest BCUT2D eigenvalue weighted by atomic mass is 10.2. The van der Waals surface area contributed by atoms with Gasteiger partial charge in [-0.15, -0.1) is 0 Å². The second kappa shape index (κ2) is 1.40. The van der Waals surface area contributed by atoms with Gasteiger partial charge in [-0.05, 0) is 0 Å². The molecule has 1 atom stereocenters. The number of hydrogen-bond acceptors (Lipinski definition) is 3. The van der Waals surface area contributed by atoms with Gasteiger partial charge in [0.25, 0.3) is 0 Å². The number of nitrogens with zero attached hydrogens (tertiary/aromatic N) is 1. The lowest BCUT2D eigenvalue weighted by molar-refractivity contribution is 0.706. The van der Waals surface area contributed by atoms with Gasteiger partial charge >= 0.3 is 0 Å². The second-order valence-corrected chi connectivity index (χ2v) is 1.80. The fourth-order valence-electron chi connectivity index (χ4n) is 0.489. The van der Waals surface area contributed by atoms with Crippen molar-refractivity contribution in [3.63, 3.8) is 0 Å². The molecule has 3 N–H and O–H groups in total. The molecule has 1 heterocycles. The first-order valence-corrected chi connectivity index (χ1v) is 2.36. The Labute approximate surface area is 42.6 Å². The van der Waals surface area contributed by atoms with E-state index in [2.05, 4.69) is 10.5 Å². The first-order chi connectivity index (χ1) is 3.30. The Kier molecular flexibility index (Phi) is 0.889. The number of nitrogens with one attached hydrogen (secondary N) is 1. The van der Waals surface area contributed by atoms with Crippen LogP contribution < -0.4 is 11.2 Å². The summed E-state index contributed by atoms with van der Waals surface area (Å²) in [6.07, 6.45) is 0. The Morgan fingerprint density at radius 1 is 2.00 bits per heavy atom. The van der Waals surface area contributed by atoms with Gasteiger partial charge in [0.1, 0.15) is 5.84 Å². The fourth-order valence-corrected chi connectivity index (χ4v) is 0.489. The minimum Gasteiger partial charge on any atom is -0.385 e. The van der Waals surface area contributed by atoms with Crippen LogP contribution in [0, 0.1) is 5.92 Å². The molecule has 7 heavy (non-hydrogen) atoms. The van der Waals surface area contributed by atoms with E-state index in [0.29, 0.717) is 5.92 Å². The smallest absolute Gasteiger partial charge is 0.124 e. The first-order valence-electron chi connectivity index (χ1n) is 2.36. The molecule has 0 fully saturated rings.